The number of nitrogens with one attached hydrogen (secondary N) is 2. The number of carbonyl (C=O) groups is 2. The lowest BCUT2D eigenvalue weighted by Crippen LogP contribution is -2.33. The van der Waals surface area contributed by atoms with Gasteiger partial charge in [0.2, 0.25) is 5.91 Å². The Bertz CT molecular complexity index is 1100. The number of aromatic nitrogens is 3. The summed E-state index contributed by atoms with van der Waals surface area (Å²) < 4.78 is 15.7. The van der Waals surface area contributed by atoms with Crippen LogP contribution in [0.1, 0.15) is 41.9 Å². The number of hydrogen-bond donors (Lipinski definition) is 2. The van der Waals surface area contributed by atoms with Crippen molar-refractivity contribution in [3.05, 3.63) is 71.8 Å². The van der Waals surface area contributed by atoms with Crippen LogP contribution in [0.2, 0.25) is 0 Å². The van der Waals surface area contributed by atoms with Crippen molar-refractivity contribution in [3.63, 3.8) is 0 Å². The van der Waals surface area contributed by atoms with Gasteiger partial charge in [-0.1, -0.05) is 54.9 Å². The van der Waals surface area contributed by atoms with E-state index in [0.29, 0.717) is 17.4 Å². The molecule has 1 saturated carbocycles. The van der Waals surface area contributed by atoms with Crippen LogP contribution in [0.3, 0.4) is 0 Å². The van der Waals surface area contributed by atoms with E-state index in [1.54, 1.807) is 12.1 Å². The molecule has 1 fully saturated rings. The minimum absolute atomic E-state index is 0.00606. The first-order valence-corrected chi connectivity index (χ1v) is 12.0. The number of halogens is 1. The molecule has 33 heavy (non-hydrogen) atoms. The fourth-order valence-corrected chi connectivity index (χ4v) is 4.67. The number of thioether (sulfide) groups is 1. The molecule has 2 amide bonds. The second-order valence-corrected chi connectivity index (χ2v) is 8.84. The molecule has 0 spiro atoms. The average Bonchev–Trinajstić information content (AvgIpc) is 3.48. The van der Waals surface area contributed by atoms with E-state index >= 15 is 0 Å². The molecule has 0 unspecified atom stereocenters. The van der Waals surface area contributed by atoms with E-state index in [4.69, 9.17) is 0 Å². The van der Waals surface area contributed by atoms with Crippen molar-refractivity contribution in [2.45, 2.75) is 43.3 Å². The Kier molecular flexibility index (Phi) is 7.72. The Balaban J connectivity index is 1.42. The van der Waals surface area contributed by atoms with Gasteiger partial charge < -0.3 is 10.6 Å². The van der Waals surface area contributed by atoms with Crippen molar-refractivity contribution >= 4 is 23.6 Å². The van der Waals surface area contributed by atoms with Crippen LogP contribution in [0.4, 0.5) is 4.39 Å². The van der Waals surface area contributed by atoms with Crippen molar-refractivity contribution in [1.29, 1.82) is 0 Å². The Hall–Kier alpha value is -3.20. The van der Waals surface area contributed by atoms with Gasteiger partial charge in [-0.3, -0.25) is 14.2 Å². The zero-order chi connectivity index (χ0) is 23.0. The normalized spacial score (nSPS) is 13.7. The lowest BCUT2D eigenvalue weighted by molar-refractivity contribution is -0.119. The summed E-state index contributed by atoms with van der Waals surface area (Å²) >= 11 is 1.33. The molecule has 9 heteroatoms. The quantitative estimate of drug-likeness (QED) is 0.470. The standard InChI is InChI=1S/C24H26FN5O2S/c25-20-13-7-6-12-19(20)23(32)26-15-14-21-28-29-24(30(21)18-10-2-1-3-11-18)33-16-22(31)27-17-8-4-5-9-17/h1-3,6-7,10-13,17H,4-5,8-9,14-16H2,(H,26,32)(H,27,31). The molecular weight excluding hydrogens is 441 g/mol. The maximum Gasteiger partial charge on any atom is 0.254 e. The Morgan fingerprint density at radius 3 is 2.52 bits per heavy atom. The van der Waals surface area contributed by atoms with Crippen LogP contribution in [0.15, 0.2) is 59.8 Å². The highest BCUT2D eigenvalue weighted by molar-refractivity contribution is 7.99. The SMILES string of the molecule is O=C(CSc1nnc(CCNC(=O)c2ccccc2F)n1-c1ccccc1)NC1CCCC1. The molecular formula is C24H26FN5O2S. The van der Waals surface area contributed by atoms with Gasteiger partial charge in [-0.2, -0.15) is 0 Å². The number of para-hydroxylation sites is 1. The number of nitrogens with zero attached hydrogens (tertiary/aromatic N) is 3. The van der Waals surface area contributed by atoms with Gasteiger partial charge in [-0.25, -0.2) is 4.39 Å². The number of hydrogen-bond acceptors (Lipinski definition) is 5. The first-order chi connectivity index (χ1) is 16.1. The molecule has 1 aliphatic carbocycles. The van der Waals surface area contributed by atoms with Gasteiger partial charge in [0.15, 0.2) is 5.16 Å². The minimum atomic E-state index is -0.558. The highest BCUT2D eigenvalue weighted by atomic mass is 32.2. The van der Waals surface area contributed by atoms with E-state index < -0.39 is 11.7 Å². The maximum absolute atomic E-state index is 13.8. The van der Waals surface area contributed by atoms with Crippen LogP contribution >= 0.6 is 11.8 Å². The van der Waals surface area contributed by atoms with Crippen molar-refractivity contribution in [3.8, 4) is 5.69 Å². The van der Waals surface area contributed by atoms with E-state index in [2.05, 4.69) is 20.8 Å². The molecule has 1 aromatic heterocycles. The van der Waals surface area contributed by atoms with Crippen molar-refractivity contribution in [2.24, 2.45) is 0 Å². The van der Waals surface area contributed by atoms with Crippen molar-refractivity contribution in [1.82, 2.24) is 25.4 Å². The van der Waals surface area contributed by atoms with E-state index in [-0.39, 0.29) is 29.8 Å². The van der Waals surface area contributed by atoms with Crippen LogP contribution in [0, 0.1) is 5.82 Å². The van der Waals surface area contributed by atoms with Crippen LogP contribution in [-0.4, -0.2) is 44.9 Å². The van der Waals surface area contributed by atoms with E-state index in [0.717, 1.165) is 31.4 Å². The summed E-state index contributed by atoms with van der Waals surface area (Å²) in [5, 5.41) is 15.0. The van der Waals surface area contributed by atoms with Crippen LogP contribution in [0.25, 0.3) is 5.69 Å². The molecule has 0 radical (unpaired) electrons. The summed E-state index contributed by atoms with van der Waals surface area (Å²) in [6.07, 6.45) is 4.81. The average molecular weight is 468 g/mol. The molecule has 7 nitrogen and oxygen atoms in total. The maximum atomic E-state index is 13.8. The second-order valence-electron chi connectivity index (χ2n) is 7.89. The minimum Gasteiger partial charge on any atom is -0.353 e. The smallest absolute Gasteiger partial charge is 0.254 e. The van der Waals surface area contributed by atoms with Gasteiger partial charge >= 0.3 is 0 Å². The first kappa shape index (κ1) is 23.0. The Labute approximate surface area is 196 Å². The number of rotatable bonds is 9. The molecule has 0 atom stereocenters. The molecule has 172 valence electrons. The number of benzene rings is 2. The lowest BCUT2D eigenvalue weighted by Gasteiger charge is -2.13. The number of amides is 2. The summed E-state index contributed by atoms with van der Waals surface area (Å²) in [7, 11) is 0. The van der Waals surface area contributed by atoms with Crippen molar-refractivity contribution in [2.75, 3.05) is 12.3 Å². The van der Waals surface area contributed by atoms with Crippen molar-refractivity contribution < 1.29 is 14.0 Å². The fourth-order valence-electron chi connectivity index (χ4n) is 3.89. The molecule has 0 saturated heterocycles. The largest absolute Gasteiger partial charge is 0.353 e. The molecule has 2 N–H and O–H groups in total. The van der Waals surface area contributed by atoms with Gasteiger partial charge in [0.25, 0.3) is 5.91 Å². The summed E-state index contributed by atoms with van der Waals surface area (Å²) in [6, 6.07) is 15.8. The lowest BCUT2D eigenvalue weighted by atomic mass is 10.2. The molecule has 0 bridgehead atoms. The van der Waals surface area contributed by atoms with E-state index in [1.807, 2.05) is 34.9 Å². The van der Waals surface area contributed by atoms with Gasteiger partial charge in [-0.15, -0.1) is 10.2 Å². The highest BCUT2D eigenvalue weighted by Gasteiger charge is 2.19. The van der Waals surface area contributed by atoms with E-state index in [9.17, 15) is 14.0 Å². The summed E-state index contributed by atoms with van der Waals surface area (Å²) in [4.78, 5) is 24.7. The fraction of sp³-hybridized carbons (Fsp3) is 0.333. The third-order valence-electron chi connectivity index (χ3n) is 5.52. The van der Waals surface area contributed by atoms with Gasteiger partial charge in [0.1, 0.15) is 11.6 Å². The molecule has 1 heterocycles. The molecule has 3 aromatic rings. The second kappa shape index (κ2) is 11.1. The monoisotopic (exact) mass is 467 g/mol. The van der Waals surface area contributed by atoms with Crippen LogP contribution < -0.4 is 10.6 Å². The zero-order valence-corrected chi connectivity index (χ0v) is 19.0. The van der Waals surface area contributed by atoms with Crippen LogP contribution in [0.5, 0.6) is 0 Å². The zero-order valence-electron chi connectivity index (χ0n) is 18.2. The Morgan fingerprint density at radius 2 is 1.76 bits per heavy atom. The third kappa shape index (κ3) is 5.98. The Morgan fingerprint density at radius 1 is 1.03 bits per heavy atom. The highest BCUT2D eigenvalue weighted by Crippen LogP contribution is 2.23. The number of carbonyl (C=O) groups excluding carboxylic acids is 2. The summed E-state index contributed by atoms with van der Waals surface area (Å²) in [5.74, 6) is -0.137. The predicted octanol–water partition coefficient (Wildman–Crippen LogP) is 3.53. The van der Waals surface area contributed by atoms with E-state index in [1.165, 1.54) is 23.9 Å². The molecule has 1 aliphatic rings. The third-order valence-corrected chi connectivity index (χ3v) is 6.45. The topological polar surface area (TPSA) is 88.9 Å². The van der Waals surface area contributed by atoms with Gasteiger partial charge in [0, 0.05) is 24.7 Å². The summed E-state index contributed by atoms with van der Waals surface area (Å²) in [6.45, 7) is 0.269. The summed E-state index contributed by atoms with van der Waals surface area (Å²) in [5.41, 5.74) is 0.878. The first-order valence-electron chi connectivity index (χ1n) is 11.1. The molecule has 0 aliphatic heterocycles. The van der Waals surface area contributed by atoms with Crippen LogP contribution in [-0.2, 0) is 11.2 Å². The van der Waals surface area contributed by atoms with Gasteiger partial charge in [-0.05, 0) is 37.1 Å². The molecule has 2 aromatic carbocycles. The predicted molar refractivity (Wildman–Crippen MR) is 125 cm³/mol. The van der Waals surface area contributed by atoms with Gasteiger partial charge in [0.05, 0.1) is 11.3 Å². The molecule has 4 rings (SSSR count).